The Kier molecular flexibility index (Phi) is 4.70. The quantitative estimate of drug-likeness (QED) is 0.633. The Bertz CT molecular complexity index is 821. The van der Waals surface area contributed by atoms with Crippen molar-refractivity contribution >= 4 is 28.8 Å². The zero-order chi connectivity index (χ0) is 17.1. The molecular formula is C13H13ClN4O5. The molecule has 0 unspecified atom stereocenters. The average Bonchev–Trinajstić information content (AvgIpc) is 2.47. The molecule has 10 heteroatoms. The summed E-state index contributed by atoms with van der Waals surface area (Å²) < 4.78 is 10.3. The fourth-order valence-corrected chi connectivity index (χ4v) is 2.16. The standard InChI is InChI=1S/C13H13ClN4O5/c1-6-15-12(11(18(20)21)13(19)16-6)17-10-8(14)4-7(22-2)5-9(10)23-3/h4-5H,1-3H3,(H2,15,16,17,19). The number of hydrogen-bond donors (Lipinski definition) is 2. The summed E-state index contributed by atoms with van der Waals surface area (Å²) in [5.74, 6) is 0.707. The van der Waals surface area contributed by atoms with Gasteiger partial charge in [-0.2, -0.15) is 0 Å². The van der Waals surface area contributed by atoms with Gasteiger partial charge in [0.2, 0.25) is 5.82 Å². The number of ether oxygens (including phenoxy) is 2. The van der Waals surface area contributed by atoms with Crippen LogP contribution in [0.25, 0.3) is 0 Å². The molecule has 0 aliphatic heterocycles. The van der Waals surface area contributed by atoms with Crippen molar-refractivity contribution in [1.82, 2.24) is 9.97 Å². The number of nitro groups is 1. The van der Waals surface area contributed by atoms with Crippen LogP contribution in [0.15, 0.2) is 16.9 Å². The van der Waals surface area contributed by atoms with E-state index in [1.165, 1.54) is 27.2 Å². The molecule has 23 heavy (non-hydrogen) atoms. The van der Waals surface area contributed by atoms with Gasteiger partial charge in [-0.25, -0.2) is 4.98 Å². The summed E-state index contributed by atoms with van der Waals surface area (Å²) in [6, 6.07) is 3.04. The summed E-state index contributed by atoms with van der Waals surface area (Å²) in [6.07, 6.45) is 0. The van der Waals surface area contributed by atoms with E-state index in [0.29, 0.717) is 5.75 Å². The monoisotopic (exact) mass is 340 g/mol. The van der Waals surface area contributed by atoms with Crippen molar-refractivity contribution in [2.45, 2.75) is 6.92 Å². The van der Waals surface area contributed by atoms with E-state index in [9.17, 15) is 14.9 Å². The Labute approximate surface area is 135 Å². The minimum atomic E-state index is -0.867. The first-order chi connectivity index (χ1) is 10.9. The highest BCUT2D eigenvalue weighted by Crippen LogP contribution is 2.39. The van der Waals surface area contributed by atoms with Gasteiger partial charge in [0.1, 0.15) is 23.0 Å². The lowest BCUT2D eigenvalue weighted by molar-refractivity contribution is -0.385. The molecular weight excluding hydrogens is 328 g/mol. The minimum Gasteiger partial charge on any atom is -0.497 e. The third-order valence-electron chi connectivity index (χ3n) is 2.92. The SMILES string of the molecule is COc1cc(Cl)c(Nc2nc(C)[nH]c(=O)c2[N+](=O)[O-])c(OC)c1. The van der Waals surface area contributed by atoms with Gasteiger partial charge in [0.15, 0.2) is 0 Å². The molecule has 0 saturated heterocycles. The van der Waals surface area contributed by atoms with Crippen LogP contribution in [0.4, 0.5) is 17.2 Å². The first-order valence-corrected chi connectivity index (χ1v) is 6.69. The number of aryl methyl sites for hydroxylation is 1. The zero-order valence-electron chi connectivity index (χ0n) is 12.5. The van der Waals surface area contributed by atoms with Crippen molar-refractivity contribution in [3.8, 4) is 11.5 Å². The molecule has 2 N–H and O–H groups in total. The molecule has 122 valence electrons. The maximum Gasteiger partial charge on any atom is 0.376 e. The van der Waals surface area contributed by atoms with Crippen LogP contribution in [0, 0.1) is 17.0 Å². The van der Waals surface area contributed by atoms with Gasteiger partial charge < -0.3 is 19.8 Å². The number of hydrogen-bond acceptors (Lipinski definition) is 7. The number of H-pyrrole nitrogens is 1. The van der Waals surface area contributed by atoms with Gasteiger partial charge in [0.25, 0.3) is 0 Å². The van der Waals surface area contributed by atoms with Crippen molar-refractivity contribution in [3.05, 3.63) is 43.4 Å². The number of benzene rings is 1. The number of nitrogens with zero attached hydrogens (tertiary/aromatic N) is 2. The molecule has 2 rings (SSSR count). The fourth-order valence-electron chi connectivity index (χ4n) is 1.91. The van der Waals surface area contributed by atoms with E-state index in [-0.39, 0.29) is 28.1 Å². The molecule has 0 spiro atoms. The molecule has 0 aliphatic rings. The normalized spacial score (nSPS) is 10.3. The number of anilines is 2. The number of halogens is 1. The molecule has 1 heterocycles. The third-order valence-corrected chi connectivity index (χ3v) is 3.22. The predicted molar refractivity (Wildman–Crippen MR) is 84.1 cm³/mol. The van der Waals surface area contributed by atoms with Crippen LogP contribution in [-0.2, 0) is 0 Å². The molecule has 9 nitrogen and oxygen atoms in total. The number of aromatic nitrogens is 2. The molecule has 0 saturated carbocycles. The molecule has 0 aliphatic carbocycles. The van der Waals surface area contributed by atoms with E-state index in [1.807, 2.05) is 0 Å². The van der Waals surface area contributed by atoms with Gasteiger partial charge in [0, 0.05) is 12.1 Å². The van der Waals surface area contributed by atoms with Gasteiger partial charge in [0.05, 0.1) is 24.2 Å². The lowest BCUT2D eigenvalue weighted by Gasteiger charge is -2.14. The van der Waals surface area contributed by atoms with Crippen LogP contribution in [0.1, 0.15) is 5.82 Å². The van der Waals surface area contributed by atoms with Crippen LogP contribution in [0.2, 0.25) is 5.02 Å². The average molecular weight is 341 g/mol. The molecule has 0 bridgehead atoms. The molecule has 0 fully saturated rings. The highest BCUT2D eigenvalue weighted by atomic mass is 35.5. The Morgan fingerprint density at radius 1 is 1.35 bits per heavy atom. The Morgan fingerprint density at radius 3 is 2.61 bits per heavy atom. The highest BCUT2D eigenvalue weighted by Gasteiger charge is 2.24. The van der Waals surface area contributed by atoms with E-state index in [0.717, 1.165) is 0 Å². The molecule has 2 aromatic rings. The van der Waals surface area contributed by atoms with Gasteiger partial charge in [-0.1, -0.05) is 11.6 Å². The first-order valence-electron chi connectivity index (χ1n) is 6.31. The van der Waals surface area contributed by atoms with Crippen molar-refractivity contribution in [1.29, 1.82) is 0 Å². The maximum absolute atomic E-state index is 11.8. The van der Waals surface area contributed by atoms with E-state index in [2.05, 4.69) is 15.3 Å². The van der Waals surface area contributed by atoms with Gasteiger partial charge in [-0.3, -0.25) is 14.9 Å². The lowest BCUT2D eigenvalue weighted by Crippen LogP contribution is -2.17. The molecule has 0 atom stereocenters. The summed E-state index contributed by atoms with van der Waals surface area (Å²) in [6.45, 7) is 1.50. The maximum atomic E-state index is 11.8. The summed E-state index contributed by atoms with van der Waals surface area (Å²) in [4.78, 5) is 28.3. The Hall–Kier alpha value is -2.81. The summed E-state index contributed by atoms with van der Waals surface area (Å²) in [7, 11) is 2.87. The summed E-state index contributed by atoms with van der Waals surface area (Å²) in [5, 5.41) is 14.0. The number of rotatable bonds is 5. The van der Waals surface area contributed by atoms with Crippen LogP contribution in [0.5, 0.6) is 11.5 Å². The molecule has 0 amide bonds. The predicted octanol–water partition coefficient (Wildman–Crippen LogP) is 2.40. The summed E-state index contributed by atoms with van der Waals surface area (Å²) in [5.41, 5.74) is -1.35. The largest absolute Gasteiger partial charge is 0.497 e. The van der Waals surface area contributed by atoms with E-state index >= 15 is 0 Å². The number of methoxy groups -OCH3 is 2. The second-order valence-corrected chi connectivity index (χ2v) is 4.82. The molecule has 1 aromatic carbocycles. The van der Waals surface area contributed by atoms with Gasteiger partial charge in [-0.05, 0) is 6.92 Å². The second kappa shape index (κ2) is 6.53. The highest BCUT2D eigenvalue weighted by molar-refractivity contribution is 6.34. The zero-order valence-corrected chi connectivity index (χ0v) is 13.2. The van der Waals surface area contributed by atoms with Crippen LogP contribution in [-0.4, -0.2) is 29.1 Å². The fraction of sp³-hybridized carbons (Fsp3) is 0.231. The van der Waals surface area contributed by atoms with Crippen LogP contribution >= 0.6 is 11.6 Å². The van der Waals surface area contributed by atoms with Crippen molar-refractivity contribution in [2.75, 3.05) is 19.5 Å². The number of nitrogens with one attached hydrogen (secondary N) is 2. The molecule has 1 aromatic heterocycles. The van der Waals surface area contributed by atoms with Crippen LogP contribution < -0.4 is 20.3 Å². The molecule has 0 radical (unpaired) electrons. The van der Waals surface area contributed by atoms with E-state index in [1.54, 1.807) is 6.07 Å². The van der Waals surface area contributed by atoms with Crippen LogP contribution in [0.3, 0.4) is 0 Å². The first kappa shape index (κ1) is 16.6. The van der Waals surface area contributed by atoms with Crippen molar-refractivity contribution in [2.24, 2.45) is 0 Å². The van der Waals surface area contributed by atoms with Crippen molar-refractivity contribution < 1.29 is 14.4 Å². The topological polar surface area (TPSA) is 119 Å². The third kappa shape index (κ3) is 3.34. The second-order valence-electron chi connectivity index (χ2n) is 4.42. The van der Waals surface area contributed by atoms with Gasteiger partial charge in [-0.15, -0.1) is 0 Å². The van der Waals surface area contributed by atoms with Crippen molar-refractivity contribution in [3.63, 3.8) is 0 Å². The Balaban J connectivity index is 2.60. The van der Waals surface area contributed by atoms with Gasteiger partial charge >= 0.3 is 11.2 Å². The summed E-state index contributed by atoms with van der Waals surface area (Å²) >= 11 is 6.15. The van der Waals surface area contributed by atoms with E-state index in [4.69, 9.17) is 21.1 Å². The smallest absolute Gasteiger partial charge is 0.376 e. The minimum absolute atomic E-state index is 0.190. The Morgan fingerprint density at radius 2 is 2.04 bits per heavy atom. The van der Waals surface area contributed by atoms with E-state index < -0.39 is 16.2 Å². The lowest BCUT2D eigenvalue weighted by atomic mass is 10.2. The number of aromatic amines is 1.